The molecular weight excluding hydrogens is 358 g/mol. The molecule has 1 aromatic carbocycles. The van der Waals surface area contributed by atoms with Crippen LogP contribution in [0.1, 0.15) is 64.9 Å². The SMILES string of the molecule is Cc1ccccc1[Si](NC1CCCCC1)C1=C([Si](C)(C)C(C)(C)C)C=CC1. The molecule has 0 saturated heterocycles. The van der Waals surface area contributed by atoms with E-state index in [1.165, 1.54) is 37.7 Å². The lowest BCUT2D eigenvalue weighted by Gasteiger charge is -2.40. The van der Waals surface area contributed by atoms with E-state index in [4.69, 9.17) is 0 Å². The van der Waals surface area contributed by atoms with Gasteiger partial charge in [-0.1, -0.05) is 106 Å². The lowest BCUT2D eigenvalue weighted by Crippen LogP contribution is -2.54. The van der Waals surface area contributed by atoms with Crippen molar-refractivity contribution in [3.8, 4) is 0 Å². The summed E-state index contributed by atoms with van der Waals surface area (Å²) in [7, 11) is -2.45. The van der Waals surface area contributed by atoms with Crippen molar-refractivity contribution >= 4 is 22.2 Å². The molecular formula is C24H38NSi2. The third-order valence-corrected chi connectivity index (χ3v) is 15.8. The van der Waals surface area contributed by atoms with Gasteiger partial charge >= 0.3 is 0 Å². The number of hydrogen-bond donors (Lipinski definition) is 1. The van der Waals surface area contributed by atoms with Crippen LogP contribution in [0.25, 0.3) is 0 Å². The summed E-state index contributed by atoms with van der Waals surface area (Å²) < 4.78 is 0. The Bertz CT molecular complexity index is 718. The third-order valence-electron chi connectivity index (χ3n) is 7.15. The Morgan fingerprint density at radius 3 is 2.33 bits per heavy atom. The number of aryl methyl sites for hydroxylation is 1. The van der Waals surface area contributed by atoms with E-state index in [9.17, 15) is 0 Å². The molecule has 0 spiro atoms. The van der Waals surface area contributed by atoms with E-state index >= 15 is 0 Å². The summed E-state index contributed by atoms with van der Waals surface area (Å²) in [5, 5.41) is 5.45. The van der Waals surface area contributed by atoms with E-state index in [0.29, 0.717) is 11.1 Å². The fraction of sp³-hybridized carbons (Fsp3) is 0.583. The fourth-order valence-corrected chi connectivity index (χ4v) is 10.6. The average molecular weight is 397 g/mol. The Kier molecular flexibility index (Phi) is 6.34. The molecule has 0 heterocycles. The molecule has 1 nitrogen and oxygen atoms in total. The van der Waals surface area contributed by atoms with Gasteiger partial charge < -0.3 is 4.98 Å². The number of hydrogen-bond acceptors (Lipinski definition) is 1. The average Bonchev–Trinajstić information content (AvgIpc) is 3.10. The standard InChI is InChI=1S/C24H38NSi2/c1-19-13-10-11-16-21(19)26(25-20-14-8-7-9-15-20)22-17-12-18-23(22)27(5,6)24(2,3)4/h10-13,16,18,20,25H,7-9,14-15,17H2,1-6H3. The molecule has 2 aliphatic rings. The van der Waals surface area contributed by atoms with Gasteiger partial charge in [-0.25, -0.2) is 0 Å². The molecule has 0 bridgehead atoms. The minimum absolute atomic E-state index is 0.381. The van der Waals surface area contributed by atoms with E-state index in [-0.39, 0.29) is 0 Å². The lowest BCUT2D eigenvalue weighted by atomic mass is 9.96. The zero-order valence-corrected chi connectivity index (χ0v) is 20.3. The summed E-state index contributed by atoms with van der Waals surface area (Å²) in [6.45, 7) is 14.8. The molecule has 0 atom stereocenters. The number of benzene rings is 1. The molecule has 1 N–H and O–H groups in total. The molecule has 147 valence electrons. The van der Waals surface area contributed by atoms with Crippen LogP contribution >= 0.6 is 0 Å². The van der Waals surface area contributed by atoms with Crippen molar-refractivity contribution < 1.29 is 0 Å². The van der Waals surface area contributed by atoms with Crippen LogP contribution in [0.3, 0.4) is 0 Å². The Morgan fingerprint density at radius 1 is 1.04 bits per heavy atom. The molecule has 1 fully saturated rings. The van der Waals surface area contributed by atoms with Crippen molar-refractivity contribution in [2.24, 2.45) is 0 Å². The van der Waals surface area contributed by atoms with Crippen molar-refractivity contribution in [1.82, 2.24) is 4.98 Å². The molecule has 3 heteroatoms. The van der Waals surface area contributed by atoms with E-state index < -0.39 is 17.0 Å². The van der Waals surface area contributed by atoms with Crippen LogP contribution in [0.4, 0.5) is 0 Å². The van der Waals surface area contributed by atoms with Gasteiger partial charge in [0, 0.05) is 6.04 Å². The first kappa shape index (κ1) is 20.8. The zero-order chi connectivity index (χ0) is 19.7. The van der Waals surface area contributed by atoms with E-state index in [2.05, 4.69) is 82.2 Å². The van der Waals surface area contributed by atoms with Gasteiger partial charge in [-0.15, -0.1) is 0 Å². The quantitative estimate of drug-likeness (QED) is 0.606. The van der Waals surface area contributed by atoms with E-state index in [0.717, 1.165) is 6.42 Å². The van der Waals surface area contributed by atoms with Crippen LogP contribution in [-0.2, 0) is 0 Å². The second-order valence-corrected chi connectivity index (χ2v) is 17.5. The third kappa shape index (κ3) is 4.41. The summed E-state index contributed by atoms with van der Waals surface area (Å²) in [5.74, 6) is 0. The molecule has 0 amide bonds. The first-order valence-electron chi connectivity index (χ1n) is 10.8. The fourth-order valence-electron chi connectivity index (χ4n) is 4.36. The molecule has 0 aliphatic heterocycles. The lowest BCUT2D eigenvalue weighted by molar-refractivity contribution is 0.417. The highest BCUT2D eigenvalue weighted by atomic mass is 28.3. The molecule has 2 aliphatic carbocycles. The minimum Gasteiger partial charge on any atom is -0.328 e. The Morgan fingerprint density at radius 2 is 1.70 bits per heavy atom. The van der Waals surface area contributed by atoms with Gasteiger partial charge in [0.2, 0.25) is 8.96 Å². The molecule has 0 unspecified atom stereocenters. The van der Waals surface area contributed by atoms with Crippen LogP contribution in [-0.4, -0.2) is 23.1 Å². The van der Waals surface area contributed by atoms with Crippen molar-refractivity contribution in [1.29, 1.82) is 0 Å². The summed E-state index contributed by atoms with van der Waals surface area (Å²) in [6, 6.07) is 9.84. The topological polar surface area (TPSA) is 12.0 Å². The summed E-state index contributed by atoms with van der Waals surface area (Å²) in [4.78, 5) is 4.23. The van der Waals surface area contributed by atoms with Gasteiger partial charge in [0.05, 0.1) is 8.07 Å². The maximum atomic E-state index is 4.23. The number of nitrogens with one attached hydrogen (secondary N) is 1. The van der Waals surface area contributed by atoms with Gasteiger partial charge in [-0.05, 0) is 36.4 Å². The first-order valence-corrected chi connectivity index (χ1v) is 15.3. The Hall–Kier alpha value is -0.906. The summed E-state index contributed by atoms with van der Waals surface area (Å²) in [5.41, 5.74) is 1.46. The predicted octanol–water partition coefficient (Wildman–Crippen LogP) is 5.96. The predicted molar refractivity (Wildman–Crippen MR) is 125 cm³/mol. The minimum atomic E-state index is -1.54. The zero-order valence-electron chi connectivity index (χ0n) is 18.3. The van der Waals surface area contributed by atoms with Crippen LogP contribution in [0.15, 0.2) is 46.8 Å². The van der Waals surface area contributed by atoms with Crippen molar-refractivity contribution in [2.45, 2.75) is 90.4 Å². The van der Waals surface area contributed by atoms with Crippen molar-refractivity contribution in [3.63, 3.8) is 0 Å². The van der Waals surface area contributed by atoms with Crippen molar-refractivity contribution in [2.75, 3.05) is 0 Å². The highest BCUT2D eigenvalue weighted by Crippen LogP contribution is 2.44. The maximum Gasteiger partial charge on any atom is 0.202 e. The van der Waals surface area contributed by atoms with E-state index in [1.807, 2.05) is 0 Å². The maximum absolute atomic E-state index is 4.23. The first-order chi connectivity index (χ1) is 12.7. The van der Waals surface area contributed by atoms with Gasteiger partial charge in [0.1, 0.15) is 0 Å². The molecule has 1 saturated carbocycles. The summed E-state index contributed by atoms with van der Waals surface area (Å²) in [6.07, 6.45) is 13.0. The highest BCUT2D eigenvalue weighted by molar-refractivity contribution is 6.90. The monoisotopic (exact) mass is 396 g/mol. The van der Waals surface area contributed by atoms with Crippen molar-refractivity contribution in [3.05, 3.63) is 52.4 Å². The second kappa shape index (κ2) is 8.22. The Balaban J connectivity index is 2.04. The largest absolute Gasteiger partial charge is 0.328 e. The van der Waals surface area contributed by atoms with Gasteiger partial charge in [0.15, 0.2) is 0 Å². The second-order valence-electron chi connectivity index (χ2n) is 10.0. The number of allylic oxidation sites excluding steroid dienone is 4. The van der Waals surface area contributed by atoms with Crippen LogP contribution in [0.5, 0.6) is 0 Å². The van der Waals surface area contributed by atoms with Gasteiger partial charge in [-0.3, -0.25) is 0 Å². The van der Waals surface area contributed by atoms with Gasteiger partial charge in [0.25, 0.3) is 0 Å². The van der Waals surface area contributed by atoms with Crippen LogP contribution in [0.2, 0.25) is 18.1 Å². The van der Waals surface area contributed by atoms with Crippen LogP contribution < -0.4 is 10.2 Å². The molecule has 3 rings (SSSR count). The van der Waals surface area contributed by atoms with Crippen LogP contribution in [0, 0.1) is 6.92 Å². The smallest absolute Gasteiger partial charge is 0.202 e. The molecule has 1 radical (unpaired) electrons. The highest BCUT2D eigenvalue weighted by Gasteiger charge is 2.41. The number of rotatable bonds is 5. The normalized spacial score (nSPS) is 19.4. The summed E-state index contributed by atoms with van der Waals surface area (Å²) >= 11 is 0. The van der Waals surface area contributed by atoms with E-state index in [1.54, 1.807) is 15.6 Å². The molecule has 0 aromatic heterocycles. The Labute approximate surface area is 170 Å². The molecule has 27 heavy (non-hydrogen) atoms. The van der Waals surface area contributed by atoms with Gasteiger partial charge in [-0.2, -0.15) is 0 Å². The molecule has 1 aromatic rings.